The van der Waals surface area contributed by atoms with Crippen LogP contribution >= 0.6 is 23.1 Å². The maximum atomic E-state index is 14.5. The van der Waals surface area contributed by atoms with Gasteiger partial charge in [0, 0.05) is 29.4 Å². The zero-order chi connectivity index (χ0) is 19.0. The van der Waals surface area contributed by atoms with Crippen molar-refractivity contribution in [1.82, 2.24) is 9.97 Å². The molecule has 1 atom stereocenters. The molecule has 0 bridgehead atoms. The molecular formula is C18H16FN5OS2. The number of amides is 1. The van der Waals surface area contributed by atoms with Crippen molar-refractivity contribution in [2.24, 2.45) is 10.7 Å². The van der Waals surface area contributed by atoms with Crippen LogP contribution in [0.5, 0.6) is 0 Å². The number of aliphatic imine (C=N–C) groups is 1. The summed E-state index contributed by atoms with van der Waals surface area (Å²) < 4.78 is 14.5. The number of hydrogen-bond donors (Lipinski definition) is 2. The summed E-state index contributed by atoms with van der Waals surface area (Å²) in [6.45, 7) is 1.85. The molecule has 3 heterocycles. The minimum absolute atomic E-state index is 0.287. The number of thiophene rings is 1. The first-order valence-corrected chi connectivity index (χ1v) is 10.0. The molecule has 27 heavy (non-hydrogen) atoms. The van der Waals surface area contributed by atoms with Crippen molar-refractivity contribution in [1.29, 1.82) is 0 Å². The summed E-state index contributed by atoms with van der Waals surface area (Å²) in [5.41, 5.74) is 6.69. The number of carbonyl (C=O) groups is 1. The lowest BCUT2D eigenvalue weighted by atomic mass is 9.89. The fourth-order valence-corrected chi connectivity index (χ4v) is 4.80. The van der Waals surface area contributed by atoms with Crippen LogP contribution in [0.1, 0.15) is 28.6 Å². The second-order valence-corrected chi connectivity index (χ2v) is 8.47. The van der Waals surface area contributed by atoms with E-state index in [1.807, 2.05) is 6.92 Å². The van der Waals surface area contributed by atoms with Crippen molar-refractivity contribution in [2.75, 3.05) is 11.1 Å². The molecule has 0 aliphatic carbocycles. The van der Waals surface area contributed by atoms with E-state index in [4.69, 9.17) is 5.73 Å². The fraction of sp³-hybridized carbons (Fsp3) is 0.222. The van der Waals surface area contributed by atoms with E-state index in [1.165, 1.54) is 35.2 Å². The zero-order valence-corrected chi connectivity index (χ0v) is 16.0. The van der Waals surface area contributed by atoms with Gasteiger partial charge in [0.05, 0.1) is 10.4 Å². The highest BCUT2D eigenvalue weighted by Gasteiger charge is 2.32. The topological polar surface area (TPSA) is 93.3 Å². The minimum atomic E-state index is -0.744. The summed E-state index contributed by atoms with van der Waals surface area (Å²) in [7, 11) is 0. The second-order valence-electron chi connectivity index (χ2n) is 6.33. The monoisotopic (exact) mass is 401 g/mol. The summed E-state index contributed by atoms with van der Waals surface area (Å²) in [6, 6.07) is 6.20. The van der Waals surface area contributed by atoms with Gasteiger partial charge in [0.15, 0.2) is 5.17 Å². The Labute approximate surface area is 163 Å². The van der Waals surface area contributed by atoms with E-state index in [2.05, 4.69) is 20.3 Å². The van der Waals surface area contributed by atoms with Crippen molar-refractivity contribution in [2.45, 2.75) is 18.9 Å². The molecule has 0 saturated heterocycles. The van der Waals surface area contributed by atoms with Gasteiger partial charge in [-0.2, -0.15) is 0 Å². The van der Waals surface area contributed by atoms with Crippen LogP contribution in [-0.2, 0) is 5.54 Å². The van der Waals surface area contributed by atoms with Gasteiger partial charge in [-0.25, -0.2) is 9.37 Å². The molecule has 0 radical (unpaired) electrons. The molecule has 3 aromatic rings. The van der Waals surface area contributed by atoms with Crippen LogP contribution < -0.4 is 11.1 Å². The average Bonchev–Trinajstić information content (AvgIpc) is 3.07. The highest BCUT2D eigenvalue weighted by Crippen LogP contribution is 2.37. The molecule has 2 aromatic heterocycles. The van der Waals surface area contributed by atoms with Crippen LogP contribution in [0.15, 0.2) is 41.7 Å². The summed E-state index contributed by atoms with van der Waals surface area (Å²) in [5, 5.41) is 3.27. The Bertz CT molecular complexity index is 1030. The fourth-order valence-electron chi connectivity index (χ4n) is 2.97. The number of carbonyl (C=O) groups excluding carboxylic acids is 1. The Balaban J connectivity index is 1.63. The normalized spacial score (nSPS) is 19.7. The summed E-state index contributed by atoms with van der Waals surface area (Å²) in [4.78, 5) is 26.6. The Morgan fingerprint density at radius 2 is 2.11 bits per heavy atom. The largest absolute Gasteiger partial charge is 0.379 e. The number of benzene rings is 1. The molecule has 1 aliphatic rings. The molecule has 138 valence electrons. The quantitative estimate of drug-likeness (QED) is 0.697. The number of rotatable bonds is 3. The van der Waals surface area contributed by atoms with Crippen molar-refractivity contribution < 1.29 is 9.18 Å². The molecule has 1 amide bonds. The van der Waals surface area contributed by atoms with Crippen LogP contribution in [0.3, 0.4) is 0 Å². The SMILES string of the molecule is CC1(c2cc(NC(=O)c3cc4nccnc4s3)ccc2F)CCSC(N)=N1. The number of halogens is 1. The summed E-state index contributed by atoms with van der Waals surface area (Å²) in [6.07, 6.45) is 3.83. The van der Waals surface area contributed by atoms with Gasteiger partial charge in [0.25, 0.3) is 5.91 Å². The third-order valence-electron chi connectivity index (χ3n) is 4.39. The third-order valence-corrected chi connectivity index (χ3v) is 6.22. The van der Waals surface area contributed by atoms with Crippen molar-refractivity contribution >= 4 is 50.2 Å². The first kappa shape index (κ1) is 17.9. The molecule has 3 N–H and O–H groups in total. The number of nitrogens with two attached hydrogens (primary N) is 1. The van der Waals surface area contributed by atoms with Gasteiger partial charge in [0.1, 0.15) is 16.2 Å². The number of anilines is 1. The highest BCUT2D eigenvalue weighted by molar-refractivity contribution is 8.13. The maximum absolute atomic E-state index is 14.5. The van der Waals surface area contributed by atoms with Crippen LogP contribution in [0.4, 0.5) is 10.1 Å². The van der Waals surface area contributed by atoms with E-state index < -0.39 is 5.54 Å². The number of aromatic nitrogens is 2. The zero-order valence-electron chi connectivity index (χ0n) is 14.4. The van der Waals surface area contributed by atoms with Gasteiger partial charge in [-0.05, 0) is 37.6 Å². The number of nitrogens with zero attached hydrogens (tertiary/aromatic N) is 3. The van der Waals surface area contributed by atoms with Crippen LogP contribution in [0.2, 0.25) is 0 Å². The lowest BCUT2D eigenvalue weighted by Crippen LogP contribution is -2.29. The molecule has 1 unspecified atom stereocenters. The number of hydrogen-bond acceptors (Lipinski definition) is 7. The van der Waals surface area contributed by atoms with E-state index in [0.29, 0.717) is 38.1 Å². The third kappa shape index (κ3) is 3.52. The molecule has 0 spiro atoms. The first-order valence-electron chi connectivity index (χ1n) is 8.25. The Hall–Kier alpha value is -2.52. The molecular weight excluding hydrogens is 385 g/mol. The molecule has 6 nitrogen and oxygen atoms in total. The van der Waals surface area contributed by atoms with Gasteiger partial charge >= 0.3 is 0 Å². The van der Waals surface area contributed by atoms with E-state index in [0.717, 1.165) is 5.75 Å². The maximum Gasteiger partial charge on any atom is 0.265 e. The highest BCUT2D eigenvalue weighted by atomic mass is 32.2. The van der Waals surface area contributed by atoms with Gasteiger partial charge in [0.2, 0.25) is 0 Å². The van der Waals surface area contributed by atoms with E-state index in [9.17, 15) is 9.18 Å². The van der Waals surface area contributed by atoms with E-state index in [-0.39, 0.29) is 11.7 Å². The number of thioether (sulfide) groups is 1. The van der Waals surface area contributed by atoms with Gasteiger partial charge < -0.3 is 11.1 Å². The lowest BCUT2D eigenvalue weighted by molar-refractivity contribution is 0.103. The lowest BCUT2D eigenvalue weighted by Gasteiger charge is -2.30. The average molecular weight is 401 g/mol. The van der Waals surface area contributed by atoms with E-state index >= 15 is 0 Å². The molecule has 1 aromatic carbocycles. The molecule has 9 heteroatoms. The molecule has 1 aliphatic heterocycles. The smallest absolute Gasteiger partial charge is 0.265 e. The molecule has 0 fully saturated rings. The first-order chi connectivity index (χ1) is 12.9. The summed E-state index contributed by atoms with van der Waals surface area (Å²) in [5.74, 6) is 0.114. The second kappa shape index (κ2) is 6.90. The standard InChI is InChI=1S/C18H16FN5OS2/c1-18(4-7-26-17(20)24-18)11-8-10(2-3-12(11)19)23-15(25)14-9-13-16(27-14)22-6-5-21-13/h2-3,5-6,8-9H,4,7H2,1H3,(H2,20,24)(H,23,25). The predicted octanol–water partition coefficient (Wildman–Crippen LogP) is 3.75. The number of amidine groups is 1. The number of nitrogens with one attached hydrogen (secondary N) is 1. The number of fused-ring (bicyclic) bond motifs is 1. The Morgan fingerprint density at radius 3 is 2.89 bits per heavy atom. The van der Waals surface area contributed by atoms with Crippen LogP contribution in [0, 0.1) is 5.82 Å². The van der Waals surface area contributed by atoms with Gasteiger partial charge in [-0.3, -0.25) is 14.8 Å². The van der Waals surface area contributed by atoms with Crippen molar-refractivity contribution in [3.63, 3.8) is 0 Å². The van der Waals surface area contributed by atoms with Crippen LogP contribution in [-0.4, -0.2) is 26.8 Å². The summed E-state index contributed by atoms with van der Waals surface area (Å²) >= 11 is 2.72. The Kier molecular flexibility index (Phi) is 4.56. The van der Waals surface area contributed by atoms with Crippen molar-refractivity contribution in [3.05, 3.63) is 52.9 Å². The minimum Gasteiger partial charge on any atom is -0.379 e. The molecule has 0 saturated carbocycles. The Morgan fingerprint density at radius 1 is 1.30 bits per heavy atom. The van der Waals surface area contributed by atoms with E-state index in [1.54, 1.807) is 24.5 Å². The van der Waals surface area contributed by atoms with Gasteiger partial charge in [-0.15, -0.1) is 11.3 Å². The molecule has 4 rings (SSSR count). The van der Waals surface area contributed by atoms with Crippen LogP contribution in [0.25, 0.3) is 10.3 Å². The van der Waals surface area contributed by atoms with Crippen molar-refractivity contribution in [3.8, 4) is 0 Å². The van der Waals surface area contributed by atoms with Gasteiger partial charge in [-0.1, -0.05) is 11.8 Å². The predicted molar refractivity (Wildman–Crippen MR) is 108 cm³/mol.